The average Bonchev–Trinajstić information content (AvgIpc) is 2.40. The molecule has 0 atom stereocenters. The van der Waals surface area contributed by atoms with Gasteiger partial charge in [-0.25, -0.2) is 4.39 Å². The summed E-state index contributed by atoms with van der Waals surface area (Å²) in [7, 11) is 0. The van der Waals surface area contributed by atoms with Crippen LogP contribution in [0.5, 0.6) is 5.75 Å². The van der Waals surface area contributed by atoms with E-state index in [1.807, 2.05) is 31.2 Å². The lowest BCUT2D eigenvalue weighted by Gasteiger charge is -2.12. The fourth-order valence-electron chi connectivity index (χ4n) is 1.77. The van der Waals surface area contributed by atoms with Gasteiger partial charge in [0.05, 0.1) is 6.61 Å². The van der Waals surface area contributed by atoms with E-state index in [-0.39, 0.29) is 5.82 Å². The van der Waals surface area contributed by atoms with Crippen LogP contribution in [0.4, 0.5) is 10.1 Å². The summed E-state index contributed by atoms with van der Waals surface area (Å²) in [5.41, 5.74) is 1.92. The number of nitrogens with one attached hydrogen (secondary N) is 1. The van der Waals surface area contributed by atoms with Crippen LogP contribution in [0.2, 0.25) is 0 Å². The molecule has 0 aliphatic rings. The Labute approximate surface area is 120 Å². The van der Waals surface area contributed by atoms with E-state index >= 15 is 0 Å². The molecule has 0 amide bonds. The Hall–Kier alpha value is -1.55. The molecule has 0 saturated heterocycles. The van der Waals surface area contributed by atoms with Crippen molar-refractivity contribution in [2.45, 2.75) is 13.5 Å². The molecule has 0 spiro atoms. The second-order valence-electron chi connectivity index (χ2n) is 4.02. The Balaban J connectivity index is 2.10. The van der Waals surface area contributed by atoms with Crippen LogP contribution in [0.25, 0.3) is 0 Å². The second-order valence-corrected chi connectivity index (χ2v) is 4.87. The first-order chi connectivity index (χ1) is 9.20. The zero-order chi connectivity index (χ0) is 13.7. The number of hydrogen-bond donors (Lipinski definition) is 1. The van der Waals surface area contributed by atoms with Crippen LogP contribution >= 0.6 is 15.9 Å². The third-order valence-electron chi connectivity index (χ3n) is 2.67. The molecule has 0 aromatic heterocycles. The topological polar surface area (TPSA) is 21.3 Å². The molecule has 2 aromatic rings. The van der Waals surface area contributed by atoms with Gasteiger partial charge in [-0.1, -0.05) is 18.2 Å². The Morgan fingerprint density at radius 1 is 1.21 bits per heavy atom. The monoisotopic (exact) mass is 323 g/mol. The van der Waals surface area contributed by atoms with Crippen LogP contribution in [0, 0.1) is 5.82 Å². The van der Waals surface area contributed by atoms with Gasteiger partial charge < -0.3 is 10.1 Å². The summed E-state index contributed by atoms with van der Waals surface area (Å²) in [6.07, 6.45) is 0. The Kier molecular flexibility index (Phi) is 4.80. The van der Waals surface area contributed by atoms with Crippen LogP contribution in [0.1, 0.15) is 12.5 Å². The summed E-state index contributed by atoms with van der Waals surface area (Å²) in [4.78, 5) is 0. The first kappa shape index (κ1) is 13.9. The molecule has 1 N–H and O–H groups in total. The maximum absolute atomic E-state index is 13.0. The molecule has 0 fully saturated rings. The van der Waals surface area contributed by atoms with E-state index in [0.29, 0.717) is 17.6 Å². The molecule has 0 unspecified atom stereocenters. The standard InChI is InChI=1S/C15H15BrFNO/c1-2-19-15-6-4-3-5-11(15)10-18-14-8-7-12(17)9-13(14)16/h3-9,18H,2,10H2,1H3. The highest BCUT2D eigenvalue weighted by atomic mass is 79.9. The predicted octanol–water partition coefficient (Wildman–Crippen LogP) is 4.60. The normalized spacial score (nSPS) is 10.3. The quantitative estimate of drug-likeness (QED) is 0.868. The van der Waals surface area contributed by atoms with Crippen LogP contribution < -0.4 is 10.1 Å². The number of halogens is 2. The minimum atomic E-state index is -0.257. The molecule has 0 bridgehead atoms. The van der Waals surface area contributed by atoms with Gasteiger partial charge >= 0.3 is 0 Å². The van der Waals surface area contributed by atoms with Crippen LogP contribution in [0.15, 0.2) is 46.9 Å². The van der Waals surface area contributed by atoms with Crippen molar-refractivity contribution in [2.75, 3.05) is 11.9 Å². The number of benzene rings is 2. The van der Waals surface area contributed by atoms with Crippen molar-refractivity contribution in [1.29, 1.82) is 0 Å². The summed E-state index contributed by atoms with van der Waals surface area (Å²) in [6.45, 7) is 3.22. The lowest BCUT2D eigenvalue weighted by molar-refractivity contribution is 0.337. The van der Waals surface area contributed by atoms with Crippen molar-refractivity contribution in [3.63, 3.8) is 0 Å². The lowest BCUT2D eigenvalue weighted by atomic mass is 10.2. The number of para-hydroxylation sites is 1. The highest BCUT2D eigenvalue weighted by Crippen LogP contribution is 2.25. The fourth-order valence-corrected chi connectivity index (χ4v) is 2.26. The van der Waals surface area contributed by atoms with Gasteiger partial charge in [-0.15, -0.1) is 0 Å². The van der Waals surface area contributed by atoms with Gasteiger partial charge in [0.25, 0.3) is 0 Å². The van der Waals surface area contributed by atoms with Crippen LogP contribution in [-0.4, -0.2) is 6.61 Å². The van der Waals surface area contributed by atoms with Gasteiger partial charge in [-0.05, 0) is 47.1 Å². The fraction of sp³-hybridized carbons (Fsp3) is 0.200. The van der Waals surface area contributed by atoms with Gasteiger partial charge in [0.1, 0.15) is 11.6 Å². The van der Waals surface area contributed by atoms with Gasteiger partial charge in [0.2, 0.25) is 0 Å². The van der Waals surface area contributed by atoms with Crippen molar-refractivity contribution in [3.05, 3.63) is 58.3 Å². The first-order valence-electron chi connectivity index (χ1n) is 6.10. The molecular weight excluding hydrogens is 309 g/mol. The number of hydrogen-bond acceptors (Lipinski definition) is 2. The van der Waals surface area contributed by atoms with Crippen molar-refractivity contribution < 1.29 is 9.13 Å². The first-order valence-corrected chi connectivity index (χ1v) is 6.89. The average molecular weight is 324 g/mol. The van der Waals surface area contributed by atoms with Crippen molar-refractivity contribution in [3.8, 4) is 5.75 Å². The number of ether oxygens (including phenoxy) is 1. The minimum Gasteiger partial charge on any atom is -0.494 e. The van der Waals surface area contributed by atoms with Crippen molar-refractivity contribution >= 4 is 21.6 Å². The molecule has 100 valence electrons. The SMILES string of the molecule is CCOc1ccccc1CNc1ccc(F)cc1Br. The van der Waals surface area contributed by atoms with Gasteiger partial charge in [-0.2, -0.15) is 0 Å². The van der Waals surface area contributed by atoms with Crippen molar-refractivity contribution in [1.82, 2.24) is 0 Å². The van der Waals surface area contributed by atoms with Gasteiger partial charge in [0.15, 0.2) is 0 Å². The minimum absolute atomic E-state index is 0.257. The van der Waals surface area contributed by atoms with E-state index in [4.69, 9.17) is 4.74 Å². The zero-order valence-corrected chi connectivity index (χ0v) is 12.2. The van der Waals surface area contributed by atoms with E-state index in [9.17, 15) is 4.39 Å². The molecule has 2 aromatic carbocycles. The maximum Gasteiger partial charge on any atom is 0.124 e. The molecule has 4 heteroatoms. The smallest absolute Gasteiger partial charge is 0.124 e. The van der Waals surface area contributed by atoms with Gasteiger partial charge in [0, 0.05) is 22.3 Å². The summed E-state index contributed by atoms with van der Waals surface area (Å²) in [6, 6.07) is 12.5. The van der Waals surface area contributed by atoms with E-state index in [1.54, 1.807) is 6.07 Å². The largest absolute Gasteiger partial charge is 0.494 e. The molecule has 0 saturated carbocycles. The lowest BCUT2D eigenvalue weighted by Crippen LogP contribution is -2.03. The summed E-state index contributed by atoms with van der Waals surface area (Å²) < 4.78 is 19.3. The highest BCUT2D eigenvalue weighted by Gasteiger charge is 2.04. The van der Waals surface area contributed by atoms with Crippen LogP contribution in [-0.2, 0) is 6.54 Å². The predicted molar refractivity (Wildman–Crippen MR) is 79.0 cm³/mol. The molecule has 2 rings (SSSR count). The van der Waals surface area contributed by atoms with Crippen molar-refractivity contribution in [2.24, 2.45) is 0 Å². The third-order valence-corrected chi connectivity index (χ3v) is 3.33. The highest BCUT2D eigenvalue weighted by molar-refractivity contribution is 9.10. The van der Waals surface area contributed by atoms with E-state index in [1.165, 1.54) is 12.1 Å². The molecule has 0 radical (unpaired) electrons. The Bertz CT molecular complexity index is 560. The summed E-state index contributed by atoms with van der Waals surface area (Å²) in [5, 5.41) is 3.26. The maximum atomic E-state index is 13.0. The molecule has 0 aliphatic carbocycles. The second kappa shape index (κ2) is 6.57. The molecular formula is C15H15BrFNO. The molecule has 0 aliphatic heterocycles. The van der Waals surface area contributed by atoms with E-state index in [2.05, 4.69) is 21.2 Å². The number of rotatable bonds is 5. The summed E-state index contributed by atoms with van der Waals surface area (Å²) in [5.74, 6) is 0.614. The zero-order valence-electron chi connectivity index (χ0n) is 10.6. The Morgan fingerprint density at radius 2 is 2.00 bits per heavy atom. The summed E-state index contributed by atoms with van der Waals surface area (Å²) >= 11 is 3.34. The molecule has 19 heavy (non-hydrogen) atoms. The van der Waals surface area contributed by atoms with Gasteiger partial charge in [-0.3, -0.25) is 0 Å². The molecule has 2 nitrogen and oxygen atoms in total. The van der Waals surface area contributed by atoms with Crippen LogP contribution in [0.3, 0.4) is 0 Å². The third kappa shape index (κ3) is 3.70. The Morgan fingerprint density at radius 3 is 2.74 bits per heavy atom. The molecule has 0 heterocycles. The number of anilines is 1. The van der Waals surface area contributed by atoms with E-state index in [0.717, 1.165) is 17.0 Å². The van der Waals surface area contributed by atoms with E-state index < -0.39 is 0 Å².